The van der Waals surface area contributed by atoms with E-state index in [-0.39, 0.29) is 12.1 Å². The second kappa shape index (κ2) is 11.8. The van der Waals surface area contributed by atoms with Crippen molar-refractivity contribution >= 4 is 17.5 Å². The van der Waals surface area contributed by atoms with Crippen LogP contribution in [-0.4, -0.2) is 37.6 Å². The van der Waals surface area contributed by atoms with Gasteiger partial charge in [0, 0.05) is 12.0 Å². The first-order valence-electron chi connectivity index (χ1n) is 12.3. The number of amides is 1. The average molecular weight is 517 g/mol. The molecule has 0 bridgehead atoms. The van der Waals surface area contributed by atoms with Crippen molar-refractivity contribution in [3.05, 3.63) is 131 Å². The number of fused-ring (bicyclic) bond motifs is 1. The number of carbonyl (C=O) groups is 2. The normalized spacial score (nSPS) is 11.3. The third-order valence-electron chi connectivity index (χ3n) is 5.88. The largest absolute Gasteiger partial charge is 0.489 e. The van der Waals surface area contributed by atoms with Gasteiger partial charge in [-0.3, -0.25) is 4.79 Å². The Bertz CT molecular complexity index is 1650. The maximum Gasteiger partial charge on any atom is 0.326 e. The summed E-state index contributed by atoms with van der Waals surface area (Å²) in [6, 6.07) is 28.7. The molecular weight excluding hydrogens is 492 g/mol. The van der Waals surface area contributed by atoms with Gasteiger partial charge < -0.3 is 15.2 Å². The number of aliphatic carboxylic acids is 1. The second-order valence-corrected chi connectivity index (χ2v) is 8.75. The molecule has 2 aromatic heterocycles. The van der Waals surface area contributed by atoms with Gasteiger partial charge in [0.2, 0.25) is 0 Å². The lowest BCUT2D eigenvalue weighted by molar-refractivity contribution is -0.139. The molecule has 0 fully saturated rings. The van der Waals surface area contributed by atoms with Gasteiger partial charge in [0.15, 0.2) is 5.65 Å². The van der Waals surface area contributed by atoms with Crippen LogP contribution in [0.1, 0.15) is 32.9 Å². The predicted octanol–water partition coefficient (Wildman–Crippen LogP) is 4.13. The van der Waals surface area contributed by atoms with E-state index in [0.717, 1.165) is 16.7 Å². The van der Waals surface area contributed by atoms with Crippen molar-refractivity contribution in [2.45, 2.75) is 19.1 Å². The van der Waals surface area contributed by atoms with Crippen molar-refractivity contribution in [3.8, 4) is 17.6 Å². The molecule has 0 spiro atoms. The molecule has 0 aliphatic heterocycles. The van der Waals surface area contributed by atoms with E-state index in [1.807, 2.05) is 60.7 Å². The van der Waals surface area contributed by atoms with Gasteiger partial charge in [-0.1, -0.05) is 66.6 Å². The molecule has 0 aliphatic rings. The van der Waals surface area contributed by atoms with E-state index in [1.54, 1.807) is 36.4 Å². The van der Waals surface area contributed by atoms with Crippen LogP contribution in [0.2, 0.25) is 0 Å². The van der Waals surface area contributed by atoms with E-state index < -0.39 is 17.9 Å². The van der Waals surface area contributed by atoms with Gasteiger partial charge in [-0.15, -0.1) is 0 Å². The van der Waals surface area contributed by atoms with Gasteiger partial charge in [0.25, 0.3) is 5.91 Å². The van der Waals surface area contributed by atoms with Crippen molar-refractivity contribution in [1.82, 2.24) is 19.9 Å². The SMILES string of the molecule is O=C(N[C@@H](Cc1ccc(OCc2ccccc2)cc1)C(=O)O)c1cn2nc(C#Cc3ccccc3)ccc2n1. The molecule has 8 heteroatoms. The zero-order chi connectivity index (χ0) is 27.0. The van der Waals surface area contributed by atoms with E-state index in [4.69, 9.17) is 4.74 Å². The summed E-state index contributed by atoms with van der Waals surface area (Å²) in [5.74, 6) is 4.95. The molecule has 5 aromatic rings. The zero-order valence-corrected chi connectivity index (χ0v) is 20.8. The summed E-state index contributed by atoms with van der Waals surface area (Å²) in [4.78, 5) is 29.1. The lowest BCUT2D eigenvalue weighted by atomic mass is 10.1. The number of hydrogen-bond acceptors (Lipinski definition) is 5. The molecule has 0 saturated heterocycles. The van der Waals surface area contributed by atoms with Crippen LogP contribution >= 0.6 is 0 Å². The zero-order valence-electron chi connectivity index (χ0n) is 20.8. The molecule has 0 radical (unpaired) electrons. The van der Waals surface area contributed by atoms with Gasteiger partial charge in [-0.25, -0.2) is 14.3 Å². The number of carboxylic acids is 1. The summed E-state index contributed by atoms with van der Waals surface area (Å²) in [6.45, 7) is 0.433. The van der Waals surface area contributed by atoms with Crippen molar-refractivity contribution < 1.29 is 19.4 Å². The van der Waals surface area contributed by atoms with Crippen LogP contribution in [-0.2, 0) is 17.8 Å². The van der Waals surface area contributed by atoms with Gasteiger partial charge in [-0.2, -0.15) is 5.10 Å². The summed E-state index contributed by atoms with van der Waals surface area (Å²) >= 11 is 0. The minimum atomic E-state index is -1.15. The summed E-state index contributed by atoms with van der Waals surface area (Å²) in [5, 5.41) is 16.7. The molecule has 1 atom stereocenters. The fourth-order valence-electron chi connectivity index (χ4n) is 3.85. The molecule has 8 nitrogen and oxygen atoms in total. The van der Waals surface area contributed by atoms with E-state index in [2.05, 4.69) is 27.2 Å². The highest BCUT2D eigenvalue weighted by molar-refractivity contribution is 5.95. The van der Waals surface area contributed by atoms with Crippen LogP contribution in [0.5, 0.6) is 5.75 Å². The molecule has 0 saturated carbocycles. The lowest BCUT2D eigenvalue weighted by Gasteiger charge is -2.14. The molecule has 192 valence electrons. The fourth-order valence-corrected chi connectivity index (χ4v) is 3.85. The van der Waals surface area contributed by atoms with Crippen molar-refractivity contribution in [2.24, 2.45) is 0 Å². The van der Waals surface area contributed by atoms with Crippen molar-refractivity contribution in [2.75, 3.05) is 0 Å². The molecular formula is C31H24N4O4. The van der Waals surface area contributed by atoms with E-state index >= 15 is 0 Å². The number of aromatic nitrogens is 3. The minimum Gasteiger partial charge on any atom is -0.489 e. The topological polar surface area (TPSA) is 106 Å². The maximum atomic E-state index is 12.9. The Hall–Kier alpha value is -5.42. The fraction of sp³-hybridized carbons (Fsp3) is 0.0968. The molecule has 2 heterocycles. The van der Waals surface area contributed by atoms with Gasteiger partial charge in [0.05, 0.1) is 6.20 Å². The van der Waals surface area contributed by atoms with Crippen LogP contribution in [0.4, 0.5) is 0 Å². The molecule has 39 heavy (non-hydrogen) atoms. The molecule has 0 aliphatic carbocycles. The smallest absolute Gasteiger partial charge is 0.326 e. The van der Waals surface area contributed by atoms with Gasteiger partial charge in [0.1, 0.15) is 29.8 Å². The molecule has 3 aromatic carbocycles. The lowest BCUT2D eigenvalue weighted by Crippen LogP contribution is -2.42. The highest BCUT2D eigenvalue weighted by Gasteiger charge is 2.23. The molecule has 1 amide bonds. The van der Waals surface area contributed by atoms with E-state index in [0.29, 0.717) is 23.7 Å². The van der Waals surface area contributed by atoms with Crippen LogP contribution in [0.25, 0.3) is 5.65 Å². The summed E-state index contributed by atoms with van der Waals surface area (Å²) < 4.78 is 7.24. The number of ether oxygens (including phenoxy) is 1. The number of nitrogens with one attached hydrogen (secondary N) is 1. The van der Waals surface area contributed by atoms with Crippen molar-refractivity contribution in [1.29, 1.82) is 0 Å². The summed E-state index contributed by atoms with van der Waals surface area (Å²) in [7, 11) is 0. The predicted molar refractivity (Wildman–Crippen MR) is 145 cm³/mol. The first-order chi connectivity index (χ1) is 19.0. The Balaban J connectivity index is 1.22. The minimum absolute atomic E-state index is 0.0616. The third kappa shape index (κ3) is 6.67. The van der Waals surface area contributed by atoms with E-state index in [1.165, 1.54) is 10.7 Å². The summed E-state index contributed by atoms with van der Waals surface area (Å²) in [6.07, 6.45) is 1.56. The van der Waals surface area contributed by atoms with Crippen LogP contribution < -0.4 is 10.1 Å². The number of rotatable bonds is 8. The number of benzene rings is 3. The first kappa shape index (κ1) is 25.2. The van der Waals surface area contributed by atoms with E-state index in [9.17, 15) is 14.7 Å². The highest BCUT2D eigenvalue weighted by atomic mass is 16.5. The van der Waals surface area contributed by atoms with Gasteiger partial charge in [-0.05, 0) is 53.4 Å². The number of carboxylic acid groups (broad SMARTS) is 1. The average Bonchev–Trinajstić information content (AvgIpc) is 3.40. The van der Waals surface area contributed by atoms with Gasteiger partial charge >= 0.3 is 5.97 Å². The number of carbonyl (C=O) groups excluding carboxylic acids is 1. The Kier molecular flexibility index (Phi) is 7.61. The standard InChI is InChI=1S/C31H24N4O4/c36-30(28-20-35-29(32-28)18-15-25(34-35)14-11-22-7-3-1-4-8-22)33-27(31(37)38)19-23-12-16-26(17-13-23)39-21-24-9-5-2-6-10-24/h1-10,12-13,15-18,20,27H,19,21H2,(H,33,36)(H,37,38)/t27-/m0/s1. The number of nitrogens with zero attached hydrogens (tertiary/aromatic N) is 3. The Morgan fingerprint density at radius 3 is 2.31 bits per heavy atom. The number of hydrogen-bond donors (Lipinski definition) is 2. The molecule has 5 rings (SSSR count). The Morgan fingerprint density at radius 1 is 0.872 bits per heavy atom. The summed E-state index contributed by atoms with van der Waals surface area (Å²) in [5.41, 5.74) is 3.67. The third-order valence-corrected chi connectivity index (χ3v) is 5.88. The quantitative estimate of drug-likeness (QED) is 0.301. The second-order valence-electron chi connectivity index (χ2n) is 8.75. The van der Waals surface area contributed by atoms with Crippen molar-refractivity contribution in [3.63, 3.8) is 0 Å². The van der Waals surface area contributed by atoms with Crippen LogP contribution in [0.3, 0.4) is 0 Å². The van der Waals surface area contributed by atoms with Crippen LogP contribution in [0, 0.1) is 11.8 Å². The highest BCUT2D eigenvalue weighted by Crippen LogP contribution is 2.16. The molecule has 0 unspecified atom stereocenters. The first-order valence-corrected chi connectivity index (χ1v) is 12.3. The Morgan fingerprint density at radius 2 is 1.59 bits per heavy atom. The maximum absolute atomic E-state index is 12.9. The Labute approximate surface area is 224 Å². The molecule has 2 N–H and O–H groups in total. The monoisotopic (exact) mass is 516 g/mol. The number of imidazole rings is 1. The van der Waals surface area contributed by atoms with Crippen LogP contribution in [0.15, 0.2) is 103 Å².